The van der Waals surface area contributed by atoms with Gasteiger partial charge in [-0.05, 0) is 13.0 Å². The molecule has 0 bridgehead atoms. The third kappa shape index (κ3) is 5.07. The molecule has 0 fully saturated rings. The predicted octanol–water partition coefficient (Wildman–Crippen LogP) is 1.41. The highest BCUT2D eigenvalue weighted by molar-refractivity contribution is 5.85. The summed E-state index contributed by atoms with van der Waals surface area (Å²) in [4.78, 5) is 3.93. The summed E-state index contributed by atoms with van der Waals surface area (Å²) in [6, 6.07) is 0. The monoisotopic (exact) mass is 198 g/mol. The van der Waals surface area contributed by atoms with Crippen molar-refractivity contribution in [2.75, 3.05) is 6.54 Å². The Bertz CT molecular complexity index is 156. The largest absolute Gasteiger partial charge is 0.449 e. The minimum Gasteiger partial charge on any atom is -0.449 e. The molecule has 66 valence electrons. The number of hydrogen-bond acceptors (Lipinski definition) is 3. The fourth-order valence-corrected chi connectivity index (χ4v) is 0.630. The second-order valence-electron chi connectivity index (χ2n) is 1.82. The first-order valence-corrected chi connectivity index (χ1v) is 3.02. The predicted molar refractivity (Wildman–Crippen MR) is 48.4 cm³/mol. The summed E-state index contributed by atoms with van der Waals surface area (Å²) in [6.07, 6.45) is 5.02. The van der Waals surface area contributed by atoms with Crippen LogP contribution in [0.1, 0.15) is 12.3 Å². The Hall–Kier alpha value is -0.250. The summed E-state index contributed by atoms with van der Waals surface area (Å²) in [6.45, 7) is 0.697. The maximum atomic E-state index is 5.28. The lowest BCUT2D eigenvalue weighted by molar-refractivity contribution is 0.488. The number of halogens is 2. The zero-order valence-electron chi connectivity index (χ0n) is 6.03. The lowest BCUT2D eigenvalue weighted by Crippen LogP contribution is -2.00. The fraction of sp³-hybridized carbons (Fsp3) is 0.500. The maximum Gasteiger partial charge on any atom is 0.193 e. The summed E-state index contributed by atoms with van der Waals surface area (Å²) in [5, 5.41) is 0. The summed E-state index contributed by atoms with van der Waals surface area (Å²) in [5.74, 6) is 0.778. The van der Waals surface area contributed by atoms with Crippen molar-refractivity contribution in [2.45, 2.75) is 12.8 Å². The Labute approximate surface area is 78.2 Å². The Kier molecular flexibility index (Phi) is 9.53. The third-order valence-corrected chi connectivity index (χ3v) is 1.08. The van der Waals surface area contributed by atoms with E-state index in [2.05, 4.69) is 4.98 Å². The van der Waals surface area contributed by atoms with Crippen LogP contribution in [-0.2, 0) is 6.42 Å². The van der Waals surface area contributed by atoms with Gasteiger partial charge >= 0.3 is 0 Å². The summed E-state index contributed by atoms with van der Waals surface area (Å²) in [7, 11) is 0. The van der Waals surface area contributed by atoms with Gasteiger partial charge in [0.1, 0.15) is 6.26 Å². The van der Waals surface area contributed by atoms with Crippen molar-refractivity contribution in [2.24, 2.45) is 5.73 Å². The molecule has 0 atom stereocenters. The zero-order valence-corrected chi connectivity index (χ0v) is 7.66. The average molecular weight is 199 g/mol. The lowest BCUT2D eigenvalue weighted by Gasteiger charge is -1.88. The number of aryl methyl sites for hydroxylation is 1. The minimum atomic E-state index is 0. The topological polar surface area (TPSA) is 52.0 Å². The first-order chi connectivity index (χ1) is 4.43. The summed E-state index contributed by atoms with van der Waals surface area (Å²) in [5.41, 5.74) is 5.28. The van der Waals surface area contributed by atoms with Crippen LogP contribution in [0.5, 0.6) is 0 Å². The molecule has 5 heteroatoms. The Morgan fingerprint density at radius 2 is 2.18 bits per heavy atom. The summed E-state index contributed by atoms with van der Waals surface area (Å²) >= 11 is 0. The van der Waals surface area contributed by atoms with Gasteiger partial charge in [0, 0.05) is 6.42 Å². The van der Waals surface area contributed by atoms with Crippen LogP contribution in [0.2, 0.25) is 0 Å². The third-order valence-electron chi connectivity index (χ3n) is 1.08. The molecule has 0 spiro atoms. The number of nitrogens with zero attached hydrogens (tertiary/aromatic N) is 1. The normalized spacial score (nSPS) is 8.09. The highest BCUT2D eigenvalue weighted by atomic mass is 35.5. The maximum absolute atomic E-state index is 5.28. The second kappa shape index (κ2) is 7.85. The molecule has 0 unspecified atom stereocenters. The van der Waals surface area contributed by atoms with E-state index in [0.29, 0.717) is 6.54 Å². The molecule has 0 radical (unpaired) electrons. The lowest BCUT2D eigenvalue weighted by atomic mass is 10.3. The van der Waals surface area contributed by atoms with E-state index >= 15 is 0 Å². The smallest absolute Gasteiger partial charge is 0.193 e. The molecule has 1 heterocycles. The van der Waals surface area contributed by atoms with E-state index in [9.17, 15) is 0 Å². The van der Waals surface area contributed by atoms with Gasteiger partial charge in [0.2, 0.25) is 0 Å². The van der Waals surface area contributed by atoms with Gasteiger partial charge in [-0.15, -0.1) is 24.8 Å². The molecule has 1 rings (SSSR count). The van der Waals surface area contributed by atoms with E-state index in [0.717, 1.165) is 18.7 Å². The van der Waals surface area contributed by atoms with Crippen molar-refractivity contribution in [3.8, 4) is 0 Å². The molecular weight excluding hydrogens is 187 g/mol. The zero-order chi connectivity index (χ0) is 6.53. The number of rotatable bonds is 3. The van der Waals surface area contributed by atoms with Gasteiger partial charge in [-0.25, -0.2) is 4.98 Å². The van der Waals surface area contributed by atoms with Gasteiger partial charge in [0.15, 0.2) is 5.89 Å². The Morgan fingerprint density at radius 1 is 1.45 bits per heavy atom. The van der Waals surface area contributed by atoms with Crippen molar-refractivity contribution in [3.63, 3.8) is 0 Å². The van der Waals surface area contributed by atoms with Crippen LogP contribution in [0.25, 0.3) is 0 Å². The highest BCUT2D eigenvalue weighted by Crippen LogP contribution is 1.96. The van der Waals surface area contributed by atoms with Gasteiger partial charge in [-0.1, -0.05) is 0 Å². The highest BCUT2D eigenvalue weighted by Gasteiger charge is 1.93. The molecular formula is C6H12Cl2N2O. The van der Waals surface area contributed by atoms with Crippen molar-refractivity contribution < 1.29 is 4.42 Å². The standard InChI is InChI=1S/C6H10N2O.2ClH/c7-3-1-2-6-8-4-5-9-6;;/h4-5H,1-3,7H2;2*1H. The molecule has 2 N–H and O–H groups in total. The van der Waals surface area contributed by atoms with E-state index in [-0.39, 0.29) is 24.8 Å². The van der Waals surface area contributed by atoms with Crippen LogP contribution in [0.4, 0.5) is 0 Å². The van der Waals surface area contributed by atoms with E-state index in [1.54, 1.807) is 12.5 Å². The van der Waals surface area contributed by atoms with Gasteiger partial charge < -0.3 is 10.2 Å². The second-order valence-corrected chi connectivity index (χ2v) is 1.82. The first kappa shape index (κ1) is 13.3. The molecule has 0 amide bonds. The molecule has 0 aliphatic carbocycles. The quantitative estimate of drug-likeness (QED) is 0.800. The number of aromatic nitrogens is 1. The molecule has 11 heavy (non-hydrogen) atoms. The van der Waals surface area contributed by atoms with Crippen LogP contribution in [-0.4, -0.2) is 11.5 Å². The van der Waals surface area contributed by atoms with E-state index in [1.807, 2.05) is 0 Å². The number of nitrogens with two attached hydrogens (primary N) is 1. The fourth-order valence-electron chi connectivity index (χ4n) is 0.630. The minimum absolute atomic E-state index is 0. The van der Waals surface area contributed by atoms with E-state index in [1.165, 1.54) is 0 Å². The molecule has 3 nitrogen and oxygen atoms in total. The molecule has 0 aliphatic heterocycles. The molecule has 0 saturated carbocycles. The summed E-state index contributed by atoms with van der Waals surface area (Å²) < 4.78 is 4.97. The van der Waals surface area contributed by atoms with E-state index in [4.69, 9.17) is 10.2 Å². The molecule has 1 aromatic heterocycles. The van der Waals surface area contributed by atoms with Crippen molar-refractivity contribution >= 4 is 24.8 Å². The number of hydrogen-bond donors (Lipinski definition) is 1. The average Bonchev–Trinajstić information content (AvgIpc) is 2.34. The van der Waals surface area contributed by atoms with Gasteiger partial charge in [0.25, 0.3) is 0 Å². The van der Waals surface area contributed by atoms with Crippen LogP contribution in [0.3, 0.4) is 0 Å². The molecule has 1 aromatic rings. The molecule has 0 aromatic carbocycles. The van der Waals surface area contributed by atoms with Gasteiger partial charge in [-0.2, -0.15) is 0 Å². The molecule has 0 saturated heterocycles. The van der Waals surface area contributed by atoms with E-state index < -0.39 is 0 Å². The van der Waals surface area contributed by atoms with Crippen molar-refractivity contribution in [3.05, 3.63) is 18.4 Å². The Morgan fingerprint density at radius 3 is 2.64 bits per heavy atom. The SMILES string of the molecule is Cl.Cl.NCCCc1ncco1. The molecule has 0 aliphatic rings. The van der Waals surface area contributed by atoms with Crippen LogP contribution < -0.4 is 5.73 Å². The van der Waals surface area contributed by atoms with Crippen LogP contribution in [0, 0.1) is 0 Å². The van der Waals surface area contributed by atoms with Crippen molar-refractivity contribution in [1.82, 2.24) is 4.98 Å². The van der Waals surface area contributed by atoms with Crippen molar-refractivity contribution in [1.29, 1.82) is 0 Å². The number of oxazole rings is 1. The van der Waals surface area contributed by atoms with Gasteiger partial charge in [0.05, 0.1) is 6.20 Å². The first-order valence-electron chi connectivity index (χ1n) is 3.02. The Balaban J connectivity index is 0. The van der Waals surface area contributed by atoms with Gasteiger partial charge in [-0.3, -0.25) is 0 Å². The van der Waals surface area contributed by atoms with Crippen LogP contribution in [0.15, 0.2) is 16.9 Å². The van der Waals surface area contributed by atoms with Crippen LogP contribution >= 0.6 is 24.8 Å².